The van der Waals surface area contributed by atoms with E-state index in [2.05, 4.69) is 20.8 Å². The average molecular weight is 347 g/mol. The first kappa shape index (κ1) is 16.4. The minimum absolute atomic E-state index is 0.137. The molecular weight excluding hydrogens is 330 g/mol. The molecule has 9 heteroatoms. The van der Waals surface area contributed by atoms with Gasteiger partial charge in [0.25, 0.3) is 0 Å². The topological polar surface area (TPSA) is 110 Å². The van der Waals surface area contributed by atoms with E-state index in [0.717, 1.165) is 22.8 Å². The van der Waals surface area contributed by atoms with Crippen LogP contribution in [-0.2, 0) is 16.0 Å². The molecule has 0 saturated carbocycles. The smallest absolute Gasteiger partial charge is 0.329 e. The fourth-order valence-electron chi connectivity index (χ4n) is 2.65. The van der Waals surface area contributed by atoms with Crippen molar-refractivity contribution >= 4 is 23.6 Å². The highest BCUT2D eigenvalue weighted by Gasteiger charge is 2.41. The molecule has 1 aliphatic heterocycles. The summed E-state index contributed by atoms with van der Waals surface area (Å²) in [4.78, 5) is 23.9. The quantitative estimate of drug-likeness (QED) is 0.818. The van der Waals surface area contributed by atoms with Crippen molar-refractivity contribution in [1.82, 2.24) is 25.5 Å². The van der Waals surface area contributed by atoms with Gasteiger partial charge < -0.3 is 10.4 Å². The van der Waals surface area contributed by atoms with E-state index < -0.39 is 11.5 Å². The fraction of sp³-hybridized carbons (Fsp3) is 0.400. The van der Waals surface area contributed by atoms with Crippen molar-refractivity contribution in [3.63, 3.8) is 0 Å². The lowest BCUT2D eigenvalue weighted by Gasteiger charge is -2.33. The number of benzene rings is 1. The third-order valence-electron chi connectivity index (χ3n) is 4.05. The van der Waals surface area contributed by atoms with Gasteiger partial charge in [-0.25, -0.2) is 9.48 Å². The summed E-state index contributed by atoms with van der Waals surface area (Å²) < 4.78 is 1.52. The number of carbonyl (C=O) groups is 2. The normalized spacial score (nSPS) is 16.5. The number of rotatable bonds is 5. The zero-order chi connectivity index (χ0) is 17.0. The predicted octanol–water partition coefficient (Wildman–Crippen LogP) is 0.671. The van der Waals surface area contributed by atoms with Crippen LogP contribution in [0, 0.1) is 0 Å². The van der Waals surface area contributed by atoms with Crippen LogP contribution in [0.5, 0.6) is 0 Å². The molecule has 24 heavy (non-hydrogen) atoms. The lowest BCUT2D eigenvalue weighted by Crippen LogP contribution is -2.56. The van der Waals surface area contributed by atoms with E-state index >= 15 is 0 Å². The summed E-state index contributed by atoms with van der Waals surface area (Å²) in [5.74, 6) is 0.255. The maximum atomic E-state index is 12.3. The SMILES string of the molecule is O=C(Cc1ccc(-n2cnnn2)cc1)NC1(C(=O)O)CCSCC1. The van der Waals surface area contributed by atoms with Crippen LogP contribution in [0.2, 0.25) is 0 Å². The van der Waals surface area contributed by atoms with E-state index in [9.17, 15) is 14.7 Å². The molecule has 2 N–H and O–H groups in total. The van der Waals surface area contributed by atoms with Crippen molar-refractivity contribution in [3.05, 3.63) is 36.2 Å². The van der Waals surface area contributed by atoms with Crippen LogP contribution in [0.25, 0.3) is 5.69 Å². The van der Waals surface area contributed by atoms with Gasteiger partial charge in [0.05, 0.1) is 12.1 Å². The van der Waals surface area contributed by atoms with E-state index in [-0.39, 0.29) is 12.3 Å². The average Bonchev–Trinajstić information content (AvgIpc) is 3.10. The summed E-state index contributed by atoms with van der Waals surface area (Å²) in [5.41, 5.74) is 0.458. The Balaban J connectivity index is 1.65. The number of carboxylic acid groups (broad SMARTS) is 1. The number of aliphatic carboxylic acids is 1. The third-order valence-corrected chi connectivity index (χ3v) is 5.03. The van der Waals surface area contributed by atoms with Gasteiger partial charge in [0.2, 0.25) is 5.91 Å². The molecule has 1 aliphatic rings. The number of hydrogen-bond donors (Lipinski definition) is 2. The number of carboxylic acids is 1. The number of nitrogens with zero attached hydrogens (tertiary/aromatic N) is 4. The Morgan fingerprint density at radius 1 is 1.25 bits per heavy atom. The number of thioether (sulfide) groups is 1. The van der Waals surface area contributed by atoms with Crippen molar-refractivity contribution in [3.8, 4) is 5.69 Å². The van der Waals surface area contributed by atoms with Crippen LogP contribution < -0.4 is 5.32 Å². The minimum Gasteiger partial charge on any atom is -0.480 e. The van der Waals surface area contributed by atoms with Gasteiger partial charge in [-0.15, -0.1) is 5.10 Å². The first-order valence-electron chi connectivity index (χ1n) is 7.53. The van der Waals surface area contributed by atoms with Crippen LogP contribution in [0.15, 0.2) is 30.6 Å². The van der Waals surface area contributed by atoms with Crippen molar-refractivity contribution in [2.75, 3.05) is 11.5 Å². The van der Waals surface area contributed by atoms with Gasteiger partial charge in [-0.3, -0.25) is 4.79 Å². The largest absolute Gasteiger partial charge is 0.480 e. The number of nitrogens with one attached hydrogen (secondary N) is 1. The summed E-state index contributed by atoms with van der Waals surface area (Å²) in [5, 5.41) is 23.2. The molecule has 0 unspecified atom stereocenters. The van der Waals surface area contributed by atoms with Crippen LogP contribution in [0.4, 0.5) is 0 Å². The minimum atomic E-state index is -1.13. The zero-order valence-electron chi connectivity index (χ0n) is 12.9. The number of hydrogen-bond acceptors (Lipinski definition) is 6. The second-order valence-corrected chi connectivity index (χ2v) is 6.87. The molecule has 3 rings (SSSR count). The summed E-state index contributed by atoms with van der Waals surface area (Å²) >= 11 is 1.71. The third kappa shape index (κ3) is 3.56. The second kappa shape index (κ2) is 7.00. The monoisotopic (exact) mass is 347 g/mol. The van der Waals surface area contributed by atoms with Gasteiger partial charge in [-0.05, 0) is 52.5 Å². The Morgan fingerprint density at radius 2 is 1.96 bits per heavy atom. The van der Waals surface area contributed by atoms with Crippen LogP contribution >= 0.6 is 11.8 Å². The van der Waals surface area contributed by atoms with Crippen LogP contribution in [0.1, 0.15) is 18.4 Å². The van der Waals surface area contributed by atoms with Gasteiger partial charge in [0.1, 0.15) is 11.9 Å². The van der Waals surface area contributed by atoms with E-state index in [4.69, 9.17) is 0 Å². The molecule has 0 bridgehead atoms. The lowest BCUT2D eigenvalue weighted by molar-refractivity contribution is -0.148. The summed E-state index contributed by atoms with van der Waals surface area (Å²) in [6.45, 7) is 0. The Morgan fingerprint density at radius 3 is 2.54 bits per heavy atom. The van der Waals surface area contributed by atoms with Crippen molar-refractivity contribution in [1.29, 1.82) is 0 Å². The highest BCUT2D eigenvalue weighted by atomic mass is 32.2. The molecule has 1 aromatic heterocycles. The number of carbonyl (C=O) groups excluding carboxylic acids is 1. The van der Waals surface area contributed by atoms with E-state index in [0.29, 0.717) is 12.8 Å². The highest BCUT2D eigenvalue weighted by Crippen LogP contribution is 2.27. The molecule has 0 atom stereocenters. The van der Waals surface area contributed by atoms with Gasteiger partial charge >= 0.3 is 5.97 Å². The van der Waals surface area contributed by atoms with Crippen molar-refractivity contribution in [2.45, 2.75) is 24.8 Å². The van der Waals surface area contributed by atoms with E-state index in [1.54, 1.807) is 23.9 Å². The second-order valence-electron chi connectivity index (χ2n) is 5.65. The fourth-order valence-corrected chi connectivity index (χ4v) is 3.84. The molecule has 2 heterocycles. The first-order valence-corrected chi connectivity index (χ1v) is 8.69. The predicted molar refractivity (Wildman–Crippen MR) is 87.9 cm³/mol. The van der Waals surface area contributed by atoms with Crippen molar-refractivity contribution in [2.24, 2.45) is 0 Å². The Kier molecular flexibility index (Phi) is 4.79. The van der Waals surface area contributed by atoms with Crippen molar-refractivity contribution < 1.29 is 14.7 Å². The molecule has 1 aromatic carbocycles. The molecule has 0 radical (unpaired) electrons. The number of amides is 1. The molecular formula is C15H17N5O3S. The van der Waals surface area contributed by atoms with E-state index in [1.807, 2.05) is 12.1 Å². The van der Waals surface area contributed by atoms with Gasteiger partial charge in [0.15, 0.2) is 0 Å². The molecule has 1 amide bonds. The summed E-state index contributed by atoms with van der Waals surface area (Å²) in [6.07, 6.45) is 2.53. The van der Waals surface area contributed by atoms with Gasteiger partial charge in [-0.2, -0.15) is 11.8 Å². The molecule has 0 aliphatic carbocycles. The number of tetrazole rings is 1. The molecule has 8 nitrogen and oxygen atoms in total. The first-order chi connectivity index (χ1) is 11.6. The molecule has 1 fully saturated rings. The summed E-state index contributed by atoms with van der Waals surface area (Å²) in [6, 6.07) is 7.23. The maximum absolute atomic E-state index is 12.3. The molecule has 1 saturated heterocycles. The Labute approximate surface area is 142 Å². The summed E-state index contributed by atoms with van der Waals surface area (Å²) in [7, 11) is 0. The molecule has 0 spiro atoms. The zero-order valence-corrected chi connectivity index (χ0v) is 13.7. The van der Waals surface area contributed by atoms with Gasteiger partial charge in [-0.1, -0.05) is 12.1 Å². The number of aromatic nitrogens is 4. The highest BCUT2D eigenvalue weighted by molar-refractivity contribution is 7.99. The Hall–Kier alpha value is -2.42. The Bertz CT molecular complexity index is 711. The molecule has 126 valence electrons. The van der Waals surface area contributed by atoms with Gasteiger partial charge in [0, 0.05) is 0 Å². The van der Waals surface area contributed by atoms with Crippen LogP contribution in [-0.4, -0.2) is 54.2 Å². The maximum Gasteiger partial charge on any atom is 0.329 e. The van der Waals surface area contributed by atoms with Crippen LogP contribution in [0.3, 0.4) is 0 Å². The molecule has 2 aromatic rings. The standard InChI is InChI=1S/C15H17N5O3S/c21-13(17-15(14(22)23)5-7-24-8-6-15)9-11-1-3-12(4-2-11)20-10-16-18-19-20/h1-4,10H,5-9H2,(H,17,21)(H,22,23). The van der Waals surface area contributed by atoms with E-state index in [1.165, 1.54) is 11.0 Å². The lowest BCUT2D eigenvalue weighted by atomic mass is 9.92.